The minimum Gasteiger partial charge on any atom is -0.465 e. The Balaban J connectivity index is 1.92. The molecule has 0 radical (unpaired) electrons. The fourth-order valence-electron chi connectivity index (χ4n) is 2.96. The molecular weight excluding hydrogens is 391 g/mol. The van der Waals surface area contributed by atoms with Crippen LogP contribution < -0.4 is 10.6 Å². The molecule has 6 nitrogen and oxygen atoms in total. The molecule has 1 fully saturated rings. The molecule has 27 heavy (non-hydrogen) atoms. The zero-order valence-electron chi connectivity index (χ0n) is 16.2. The second kappa shape index (κ2) is 8.57. The SMILES string of the molecule is COC(=O)c1cc(Cl)c(Cl)c(N[C@@H](C)C2CC(NC(=O)OC(C)(C)C)C2)c1. The van der Waals surface area contributed by atoms with E-state index in [1.54, 1.807) is 6.07 Å². The lowest BCUT2D eigenvalue weighted by Gasteiger charge is -2.40. The molecule has 1 saturated carbocycles. The highest BCUT2D eigenvalue weighted by atomic mass is 35.5. The van der Waals surface area contributed by atoms with E-state index in [-0.39, 0.29) is 17.1 Å². The lowest BCUT2D eigenvalue weighted by Crippen LogP contribution is -2.49. The van der Waals surface area contributed by atoms with E-state index in [1.807, 2.05) is 27.7 Å². The topological polar surface area (TPSA) is 76.7 Å². The van der Waals surface area contributed by atoms with Gasteiger partial charge in [0.1, 0.15) is 5.60 Å². The maximum atomic E-state index is 11.8. The second-order valence-electron chi connectivity index (χ2n) is 7.82. The second-order valence-corrected chi connectivity index (χ2v) is 8.60. The number of amides is 1. The van der Waals surface area contributed by atoms with E-state index in [9.17, 15) is 9.59 Å². The van der Waals surface area contributed by atoms with Crippen LogP contribution in [0.25, 0.3) is 0 Å². The zero-order valence-corrected chi connectivity index (χ0v) is 17.7. The Bertz CT molecular complexity index is 712. The molecule has 1 aliphatic rings. The number of alkyl carbamates (subject to hydrolysis) is 1. The number of carbonyl (C=O) groups excluding carboxylic acids is 2. The number of ether oxygens (including phenoxy) is 2. The molecule has 2 N–H and O–H groups in total. The highest BCUT2D eigenvalue weighted by molar-refractivity contribution is 6.44. The maximum absolute atomic E-state index is 11.8. The Labute approximate surface area is 169 Å². The first-order chi connectivity index (χ1) is 12.5. The standard InChI is InChI=1S/C19H26Cl2N2O4/c1-10(11-6-13(7-11)23-18(25)27-19(2,3)4)22-15-9-12(17(24)26-5)8-14(20)16(15)21/h8-11,13,22H,6-7H2,1-5H3,(H,23,25)/t10-,11?,13?/m0/s1. The fraction of sp³-hybridized carbons (Fsp3) is 0.579. The number of carbonyl (C=O) groups is 2. The summed E-state index contributed by atoms with van der Waals surface area (Å²) in [6.07, 6.45) is 1.26. The minimum absolute atomic E-state index is 0.0863. The van der Waals surface area contributed by atoms with Crippen molar-refractivity contribution >= 4 is 41.0 Å². The van der Waals surface area contributed by atoms with Gasteiger partial charge in [0.2, 0.25) is 0 Å². The van der Waals surface area contributed by atoms with Gasteiger partial charge in [-0.3, -0.25) is 0 Å². The number of halogens is 2. The molecule has 0 unspecified atom stereocenters. The number of anilines is 1. The van der Waals surface area contributed by atoms with Gasteiger partial charge in [0.25, 0.3) is 0 Å². The summed E-state index contributed by atoms with van der Waals surface area (Å²) in [5, 5.41) is 6.84. The third-order valence-electron chi connectivity index (χ3n) is 4.43. The van der Waals surface area contributed by atoms with E-state index in [0.29, 0.717) is 22.2 Å². The Kier molecular flexibility index (Phi) is 6.87. The molecule has 1 atom stereocenters. The van der Waals surface area contributed by atoms with Gasteiger partial charge in [-0.25, -0.2) is 9.59 Å². The molecule has 8 heteroatoms. The molecular formula is C19H26Cl2N2O4. The molecule has 0 heterocycles. The zero-order chi connectivity index (χ0) is 20.4. The van der Waals surface area contributed by atoms with Crippen LogP contribution in [0.1, 0.15) is 50.9 Å². The Morgan fingerprint density at radius 1 is 1.22 bits per heavy atom. The van der Waals surface area contributed by atoms with Gasteiger partial charge < -0.3 is 20.1 Å². The van der Waals surface area contributed by atoms with Crippen LogP contribution in [0.2, 0.25) is 10.0 Å². The van der Waals surface area contributed by atoms with Gasteiger partial charge >= 0.3 is 12.1 Å². The average Bonchev–Trinajstić information content (AvgIpc) is 2.51. The highest BCUT2D eigenvalue weighted by Gasteiger charge is 2.35. The molecule has 0 spiro atoms. The van der Waals surface area contributed by atoms with Gasteiger partial charge in [-0.2, -0.15) is 0 Å². The van der Waals surface area contributed by atoms with Crippen molar-refractivity contribution in [2.75, 3.05) is 12.4 Å². The number of esters is 1. The lowest BCUT2D eigenvalue weighted by molar-refractivity contribution is 0.0446. The lowest BCUT2D eigenvalue weighted by atomic mass is 9.76. The van der Waals surface area contributed by atoms with Gasteiger partial charge in [0.15, 0.2) is 0 Å². The van der Waals surface area contributed by atoms with Crippen LogP contribution in [-0.2, 0) is 9.47 Å². The van der Waals surface area contributed by atoms with Crippen LogP contribution in [0, 0.1) is 5.92 Å². The molecule has 1 amide bonds. The van der Waals surface area contributed by atoms with Gasteiger partial charge in [0.05, 0.1) is 28.4 Å². The number of benzene rings is 1. The molecule has 1 aliphatic carbocycles. The van der Waals surface area contributed by atoms with E-state index >= 15 is 0 Å². The Morgan fingerprint density at radius 2 is 1.85 bits per heavy atom. The predicted octanol–water partition coefficient (Wildman–Crippen LogP) is 4.88. The summed E-state index contributed by atoms with van der Waals surface area (Å²) in [6.45, 7) is 7.53. The molecule has 0 saturated heterocycles. The summed E-state index contributed by atoms with van der Waals surface area (Å²) in [4.78, 5) is 23.6. The minimum atomic E-state index is -0.511. The summed E-state index contributed by atoms with van der Waals surface area (Å²) in [7, 11) is 1.31. The van der Waals surface area contributed by atoms with Crippen molar-refractivity contribution in [1.82, 2.24) is 5.32 Å². The van der Waals surface area contributed by atoms with Crippen molar-refractivity contribution in [2.24, 2.45) is 5.92 Å². The van der Waals surface area contributed by atoms with Crippen LogP contribution in [-0.4, -0.2) is 36.9 Å². The van der Waals surface area contributed by atoms with Crippen molar-refractivity contribution in [2.45, 2.75) is 58.2 Å². The largest absolute Gasteiger partial charge is 0.465 e. The number of methoxy groups -OCH3 is 1. The molecule has 2 rings (SSSR count). The van der Waals surface area contributed by atoms with Crippen molar-refractivity contribution in [3.63, 3.8) is 0 Å². The number of rotatable bonds is 5. The monoisotopic (exact) mass is 416 g/mol. The number of nitrogens with one attached hydrogen (secondary N) is 2. The Hall–Kier alpha value is -1.66. The summed E-state index contributed by atoms with van der Waals surface area (Å²) in [5.41, 5.74) is 0.406. The fourth-order valence-corrected chi connectivity index (χ4v) is 3.34. The van der Waals surface area contributed by atoms with Gasteiger partial charge in [-0.1, -0.05) is 23.2 Å². The first kappa shape index (κ1) is 21.6. The van der Waals surface area contributed by atoms with Crippen LogP contribution >= 0.6 is 23.2 Å². The van der Waals surface area contributed by atoms with Crippen LogP contribution in [0.4, 0.5) is 10.5 Å². The summed E-state index contributed by atoms with van der Waals surface area (Å²) in [6, 6.07) is 3.29. The van der Waals surface area contributed by atoms with Crippen molar-refractivity contribution in [3.8, 4) is 0 Å². The molecule has 1 aromatic rings. The Morgan fingerprint density at radius 3 is 2.41 bits per heavy atom. The predicted molar refractivity (Wildman–Crippen MR) is 107 cm³/mol. The van der Waals surface area contributed by atoms with E-state index in [4.69, 9.17) is 32.7 Å². The summed E-state index contributed by atoms with van der Waals surface area (Å²) >= 11 is 12.4. The highest BCUT2D eigenvalue weighted by Crippen LogP contribution is 2.36. The third kappa shape index (κ3) is 5.91. The first-order valence-corrected chi connectivity index (χ1v) is 9.59. The van der Waals surface area contributed by atoms with Gasteiger partial charge in [-0.05, 0) is 58.6 Å². The molecule has 0 aromatic heterocycles. The van der Waals surface area contributed by atoms with Crippen LogP contribution in [0.5, 0.6) is 0 Å². The third-order valence-corrected chi connectivity index (χ3v) is 5.24. The van der Waals surface area contributed by atoms with Crippen LogP contribution in [0.15, 0.2) is 12.1 Å². The van der Waals surface area contributed by atoms with Crippen LogP contribution in [0.3, 0.4) is 0 Å². The maximum Gasteiger partial charge on any atom is 0.407 e. The average molecular weight is 417 g/mol. The smallest absolute Gasteiger partial charge is 0.407 e. The summed E-state index contributed by atoms with van der Waals surface area (Å²) < 4.78 is 10.0. The van der Waals surface area contributed by atoms with Gasteiger partial charge in [-0.15, -0.1) is 0 Å². The molecule has 0 aliphatic heterocycles. The van der Waals surface area contributed by atoms with Crippen molar-refractivity contribution < 1.29 is 19.1 Å². The van der Waals surface area contributed by atoms with Gasteiger partial charge in [0, 0.05) is 12.1 Å². The molecule has 150 valence electrons. The molecule has 0 bridgehead atoms. The van der Waals surface area contributed by atoms with E-state index in [2.05, 4.69) is 10.6 Å². The number of hydrogen-bond acceptors (Lipinski definition) is 5. The quantitative estimate of drug-likeness (QED) is 0.668. The molecule has 1 aromatic carbocycles. The normalized spacial score (nSPS) is 20.3. The van der Waals surface area contributed by atoms with E-state index in [1.165, 1.54) is 13.2 Å². The summed E-state index contributed by atoms with van der Waals surface area (Å²) in [5.74, 6) is -0.129. The van der Waals surface area contributed by atoms with Crippen molar-refractivity contribution in [3.05, 3.63) is 27.7 Å². The number of hydrogen-bond donors (Lipinski definition) is 2. The van der Waals surface area contributed by atoms with Crippen molar-refractivity contribution in [1.29, 1.82) is 0 Å². The van der Waals surface area contributed by atoms with E-state index < -0.39 is 17.7 Å². The first-order valence-electron chi connectivity index (χ1n) is 8.83. The van der Waals surface area contributed by atoms with E-state index in [0.717, 1.165) is 12.8 Å².